The molecule has 0 unspecified atom stereocenters. The fraction of sp³-hybridized carbons (Fsp3) is 0.267. The summed E-state index contributed by atoms with van der Waals surface area (Å²) in [7, 11) is 0. The second-order valence-corrected chi connectivity index (χ2v) is 10.5. The van der Waals surface area contributed by atoms with E-state index in [9.17, 15) is 9.59 Å². The Morgan fingerprint density at radius 2 is 1.69 bits per heavy atom. The Morgan fingerprint density at radius 3 is 2.43 bits per heavy atom. The molecule has 5 heteroatoms. The SMILES string of the molecule is Cc1ccc(CN2C(=O)C(=Cc3ccc(C(=O)NC4CCCCC4)cc3)Sc3ccccc32)cc1. The summed E-state index contributed by atoms with van der Waals surface area (Å²) in [6.07, 6.45) is 7.69. The van der Waals surface area contributed by atoms with Crippen LogP contribution in [0.25, 0.3) is 6.08 Å². The second-order valence-electron chi connectivity index (χ2n) is 9.39. The lowest BCUT2D eigenvalue weighted by Crippen LogP contribution is -2.36. The van der Waals surface area contributed by atoms with Gasteiger partial charge in [-0.1, -0.05) is 85.1 Å². The molecule has 0 saturated heterocycles. The van der Waals surface area contributed by atoms with Gasteiger partial charge in [0, 0.05) is 16.5 Å². The molecule has 3 aromatic rings. The smallest absolute Gasteiger partial charge is 0.265 e. The minimum atomic E-state index is -0.0163. The molecule has 1 saturated carbocycles. The second kappa shape index (κ2) is 10.5. The fourth-order valence-electron chi connectivity index (χ4n) is 4.69. The summed E-state index contributed by atoms with van der Waals surface area (Å²) in [6, 6.07) is 24.2. The lowest BCUT2D eigenvalue weighted by Gasteiger charge is -2.30. The number of carbonyl (C=O) groups is 2. The van der Waals surface area contributed by atoms with Crippen LogP contribution in [-0.2, 0) is 11.3 Å². The van der Waals surface area contributed by atoms with Crippen molar-refractivity contribution < 1.29 is 9.59 Å². The van der Waals surface area contributed by atoms with E-state index in [2.05, 4.69) is 42.6 Å². The Hall–Kier alpha value is -3.31. The molecule has 0 spiro atoms. The summed E-state index contributed by atoms with van der Waals surface area (Å²) in [4.78, 5) is 29.8. The van der Waals surface area contributed by atoms with Crippen LogP contribution in [0.3, 0.4) is 0 Å². The molecule has 35 heavy (non-hydrogen) atoms. The van der Waals surface area contributed by atoms with Gasteiger partial charge in [-0.15, -0.1) is 0 Å². The number of rotatable bonds is 5. The fourth-order valence-corrected chi connectivity index (χ4v) is 5.75. The average Bonchev–Trinajstić information content (AvgIpc) is 2.88. The number of para-hydroxylation sites is 1. The van der Waals surface area contributed by atoms with Gasteiger partial charge >= 0.3 is 0 Å². The summed E-state index contributed by atoms with van der Waals surface area (Å²) >= 11 is 1.50. The molecular formula is C30H30N2O2S. The lowest BCUT2D eigenvalue weighted by molar-refractivity contribution is -0.114. The van der Waals surface area contributed by atoms with Gasteiger partial charge < -0.3 is 10.2 Å². The third-order valence-electron chi connectivity index (χ3n) is 6.70. The summed E-state index contributed by atoms with van der Waals surface area (Å²) in [5.74, 6) is -0.0224. The minimum Gasteiger partial charge on any atom is -0.349 e. The summed E-state index contributed by atoms with van der Waals surface area (Å²) in [6.45, 7) is 2.59. The number of thioether (sulfide) groups is 1. The highest BCUT2D eigenvalue weighted by Gasteiger charge is 2.29. The van der Waals surface area contributed by atoms with Crippen LogP contribution < -0.4 is 10.2 Å². The van der Waals surface area contributed by atoms with E-state index in [1.54, 1.807) is 0 Å². The molecule has 1 heterocycles. The van der Waals surface area contributed by atoms with Crippen molar-refractivity contribution in [2.45, 2.75) is 56.5 Å². The van der Waals surface area contributed by atoms with E-state index in [4.69, 9.17) is 0 Å². The van der Waals surface area contributed by atoms with Crippen LogP contribution in [0.1, 0.15) is 59.2 Å². The number of benzene rings is 3. The van der Waals surface area contributed by atoms with Crippen LogP contribution in [-0.4, -0.2) is 17.9 Å². The van der Waals surface area contributed by atoms with Gasteiger partial charge in [0.1, 0.15) is 0 Å². The zero-order valence-corrected chi connectivity index (χ0v) is 20.8. The number of amides is 2. The average molecular weight is 483 g/mol. The third kappa shape index (κ3) is 5.51. The quantitative estimate of drug-likeness (QED) is 0.410. The number of nitrogens with zero attached hydrogens (tertiary/aromatic N) is 1. The van der Waals surface area contributed by atoms with E-state index in [0.717, 1.165) is 34.6 Å². The highest BCUT2D eigenvalue weighted by atomic mass is 32.2. The molecule has 0 bridgehead atoms. The zero-order valence-electron chi connectivity index (χ0n) is 20.0. The maximum atomic E-state index is 13.5. The van der Waals surface area contributed by atoms with Crippen molar-refractivity contribution in [3.05, 3.63) is 100.0 Å². The molecule has 1 aliphatic heterocycles. The molecule has 1 aliphatic carbocycles. The van der Waals surface area contributed by atoms with E-state index in [1.165, 1.54) is 36.6 Å². The van der Waals surface area contributed by atoms with Crippen molar-refractivity contribution in [3.63, 3.8) is 0 Å². The first-order valence-electron chi connectivity index (χ1n) is 12.3. The van der Waals surface area contributed by atoms with Crippen molar-refractivity contribution in [1.29, 1.82) is 0 Å². The Kier molecular flexibility index (Phi) is 7.05. The number of aryl methyl sites for hydroxylation is 1. The van der Waals surface area contributed by atoms with Crippen LogP contribution in [0.2, 0.25) is 0 Å². The molecule has 0 radical (unpaired) electrons. The van der Waals surface area contributed by atoms with Gasteiger partial charge in [-0.3, -0.25) is 9.59 Å². The molecular weight excluding hydrogens is 452 g/mol. The number of carbonyl (C=O) groups excluding carboxylic acids is 2. The third-order valence-corrected chi connectivity index (χ3v) is 7.78. The van der Waals surface area contributed by atoms with Crippen molar-refractivity contribution in [2.75, 3.05) is 4.90 Å². The lowest BCUT2D eigenvalue weighted by atomic mass is 9.95. The standard InChI is InChI=1S/C30H30N2O2S/c1-21-11-13-23(14-12-21)20-32-26-9-5-6-10-27(26)35-28(30(32)34)19-22-15-17-24(18-16-22)29(33)31-25-7-3-2-4-8-25/h5-6,9-19,25H,2-4,7-8,20H2,1H3,(H,31,33). The molecule has 4 nitrogen and oxygen atoms in total. The highest BCUT2D eigenvalue weighted by molar-refractivity contribution is 8.04. The number of fused-ring (bicyclic) bond motifs is 1. The topological polar surface area (TPSA) is 49.4 Å². The molecule has 178 valence electrons. The van der Waals surface area contributed by atoms with E-state index in [1.807, 2.05) is 53.4 Å². The minimum absolute atomic E-state index is 0.00612. The molecule has 1 N–H and O–H groups in total. The van der Waals surface area contributed by atoms with Gasteiger partial charge in [-0.25, -0.2) is 0 Å². The van der Waals surface area contributed by atoms with E-state index >= 15 is 0 Å². The molecule has 2 aliphatic rings. The van der Waals surface area contributed by atoms with Crippen molar-refractivity contribution in [1.82, 2.24) is 5.32 Å². The normalized spacial score (nSPS) is 17.3. The molecule has 2 amide bonds. The van der Waals surface area contributed by atoms with Crippen LogP contribution >= 0.6 is 11.8 Å². The number of hydrogen-bond donors (Lipinski definition) is 1. The predicted octanol–water partition coefficient (Wildman–Crippen LogP) is 6.74. The Labute approximate surface area is 211 Å². The maximum absolute atomic E-state index is 13.5. The van der Waals surface area contributed by atoms with E-state index < -0.39 is 0 Å². The van der Waals surface area contributed by atoms with Crippen molar-refractivity contribution in [2.24, 2.45) is 0 Å². The predicted molar refractivity (Wildman–Crippen MR) is 143 cm³/mol. The van der Waals surface area contributed by atoms with Gasteiger partial charge in [-0.2, -0.15) is 0 Å². The molecule has 0 aromatic heterocycles. The summed E-state index contributed by atoms with van der Waals surface area (Å²) in [5, 5.41) is 3.17. The first-order valence-corrected chi connectivity index (χ1v) is 13.2. The van der Waals surface area contributed by atoms with Crippen LogP contribution in [0.4, 0.5) is 5.69 Å². The highest BCUT2D eigenvalue weighted by Crippen LogP contribution is 2.42. The first kappa shape index (κ1) is 23.4. The molecule has 0 atom stereocenters. The maximum Gasteiger partial charge on any atom is 0.265 e. The first-order chi connectivity index (χ1) is 17.1. The summed E-state index contributed by atoms with van der Waals surface area (Å²) < 4.78 is 0. The number of anilines is 1. The van der Waals surface area contributed by atoms with E-state index in [0.29, 0.717) is 17.0 Å². The van der Waals surface area contributed by atoms with Crippen LogP contribution in [0.15, 0.2) is 82.6 Å². The van der Waals surface area contributed by atoms with Gasteiger partial charge in [0.15, 0.2) is 0 Å². The number of hydrogen-bond acceptors (Lipinski definition) is 3. The van der Waals surface area contributed by atoms with Crippen LogP contribution in [0, 0.1) is 6.92 Å². The summed E-state index contributed by atoms with van der Waals surface area (Å²) in [5.41, 5.74) is 4.80. The monoisotopic (exact) mass is 482 g/mol. The molecule has 5 rings (SSSR count). The van der Waals surface area contributed by atoms with Crippen molar-refractivity contribution >= 4 is 35.3 Å². The molecule has 1 fully saturated rings. The Morgan fingerprint density at radius 1 is 0.971 bits per heavy atom. The molecule has 3 aromatic carbocycles. The number of nitrogens with one attached hydrogen (secondary N) is 1. The van der Waals surface area contributed by atoms with Gasteiger partial charge in [-0.05, 0) is 61.2 Å². The van der Waals surface area contributed by atoms with Crippen molar-refractivity contribution in [3.8, 4) is 0 Å². The van der Waals surface area contributed by atoms with Gasteiger partial charge in [0.05, 0.1) is 17.1 Å². The van der Waals surface area contributed by atoms with Gasteiger partial charge in [0.25, 0.3) is 11.8 Å². The Bertz CT molecular complexity index is 1240. The zero-order chi connectivity index (χ0) is 24.2. The Balaban J connectivity index is 1.35. The van der Waals surface area contributed by atoms with E-state index in [-0.39, 0.29) is 17.9 Å². The van der Waals surface area contributed by atoms with Gasteiger partial charge in [0.2, 0.25) is 0 Å². The largest absolute Gasteiger partial charge is 0.349 e. The van der Waals surface area contributed by atoms with Crippen LogP contribution in [0.5, 0.6) is 0 Å².